The number of nitrogens with one attached hydrogen (secondary N) is 1. The van der Waals surface area contributed by atoms with Gasteiger partial charge in [0.05, 0.1) is 17.4 Å². The average Bonchev–Trinajstić information content (AvgIpc) is 3.29. The molecule has 1 aromatic carbocycles. The van der Waals surface area contributed by atoms with Gasteiger partial charge in [-0.25, -0.2) is 0 Å². The van der Waals surface area contributed by atoms with Crippen molar-refractivity contribution in [3.8, 4) is 0 Å². The van der Waals surface area contributed by atoms with Crippen LogP contribution in [0.1, 0.15) is 48.9 Å². The monoisotopic (exact) mass is 348 g/mol. The van der Waals surface area contributed by atoms with E-state index in [4.69, 9.17) is 4.98 Å². The molecule has 0 saturated heterocycles. The largest absolute Gasteiger partial charge is 0.325 e. The van der Waals surface area contributed by atoms with E-state index >= 15 is 0 Å². The van der Waals surface area contributed by atoms with Gasteiger partial charge in [0.1, 0.15) is 0 Å². The Labute approximate surface area is 153 Å². The predicted octanol–water partition coefficient (Wildman–Crippen LogP) is 4.14. The minimum Gasteiger partial charge on any atom is -0.325 e. The molecule has 1 saturated carbocycles. The number of aryl methyl sites for hydroxylation is 2. The zero-order chi connectivity index (χ0) is 18.4. The van der Waals surface area contributed by atoms with Gasteiger partial charge in [0.25, 0.3) is 0 Å². The molecule has 26 heavy (non-hydrogen) atoms. The second kappa shape index (κ2) is 6.24. The van der Waals surface area contributed by atoms with Gasteiger partial charge in [-0.1, -0.05) is 32.0 Å². The molecule has 0 spiro atoms. The molecule has 1 aliphatic rings. The number of hydrogen-bond acceptors (Lipinski definition) is 3. The first-order valence-electron chi connectivity index (χ1n) is 9.14. The van der Waals surface area contributed by atoms with Gasteiger partial charge in [-0.15, -0.1) is 0 Å². The second-order valence-corrected chi connectivity index (χ2v) is 7.54. The number of benzene rings is 1. The number of anilines is 1. The maximum Gasteiger partial charge on any atom is 0.228 e. The van der Waals surface area contributed by atoms with Crippen LogP contribution in [-0.2, 0) is 11.8 Å². The van der Waals surface area contributed by atoms with E-state index in [1.807, 2.05) is 50.6 Å². The average molecular weight is 348 g/mol. The van der Waals surface area contributed by atoms with E-state index in [0.29, 0.717) is 0 Å². The summed E-state index contributed by atoms with van der Waals surface area (Å²) in [6, 6.07) is 8.01. The van der Waals surface area contributed by atoms with Gasteiger partial charge in [-0.2, -0.15) is 5.10 Å². The SMILES string of the molecule is Cc1nc2ccccc2c(NC(=O)[C@@H]2C[C@H]2c2cnn(C)c2)c1C(C)C. The molecule has 5 heteroatoms. The molecule has 0 bridgehead atoms. The molecule has 2 aromatic heterocycles. The summed E-state index contributed by atoms with van der Waals surface area (Å²) >= 11 is 0. The molecule has 1 aliphatic carbocycles. The zero-order valence-electron chi connectivity index (χ0n) is 15.7. The Balaban J connectivity index is 1.66. The maximum absolute atomic E-state index is 12.9. The van der Waals surface area contributed by atoms with E-state index in [9.17, 15) is 4.79 Å². The maximum atomic E-state index is 12.9. The number of aromatic nitrogens is 3. The van der Waals surface area contributed by atoms with Crippen LogP contribution in [0.4, 0.5) is 5.69 Å². The summed E-state index contributed by atoms with van der Waals surface area (Å²) in [6.45, 7) is 6.31. The van der Waals surface area contributed by atoms with Gasteiger partial charge in [-0.05, 0) is 36.8 Å². The van der Waals surface area contributed by atoms with Crippen molar-refractivity contribution < 1.29 is 4.79 Å². The summed E-state index contributed by atoms with van der Waals surface area (Å²) in [5.41, 5.74) is 5.09. The standard InChI is InChI=1S/C21H24N4O/c1-12(2)19-13(3)23-18-8-6-5-7-15(18)20(19)24-21(26)17-9-16(17)14-10-22-25(4)11-14/h5-8,10-12,16-17H,9H2,1-4H3,(H,23,24,26)/t16-,17+/m0/s1. The second-order valence-electron chi connectivity index (χ2n) is 7.54. The van der Waals surface area contributed by atoms with Crippen LogP contribution in [0.5, 0.6) is 0 Å². The van der Waals surface area contributed by atoms with E-state index in [2.05, 4.69) is 24.3 Å². The molecule has 134 valence electrons. The normalized spacial score (nSPS) is 19.1. The first-order chi connectivity index (χ1) is 12.5. The van der Waals surface area contributed by atoms with Crippen molar-refractivity contribution in [2.24, 2.45) is 13.0 Å². The lowest BCUT2D eigenvalue weighted by Gasteiger charge is -2.19. The minimum atomic E-state index is 0.0199. The summed E-state index contributed by atoms with van der Waals surface area (Å²) in [5, 5.41) is 8.47. The molecule has 0 unspecified atom stereocenters. The van der Waals surface area contributed by atoms with E-state index in [1.165, 1.54) is 0 Å². The van der Waals surface area contributed by atoms with E-state index in [-0.39, 0.29) is 23.7 Å². The molecule has 0 aliphatic heterocycles. The molecule has 1 N–H and O–H groups in total. The Hall–Kier alpha value is -2.69. The third-order valence-corrected chi connectivity index (χ3v) is 5.23. The molecule has 2 atom stereocenters. The van der Waals surface area contributed by atoms with Crippen LogP contribution in [0.25, 0.3) is 10.9 Å². The Bertz CT molecular complexity index is 989. The van der Waals surface area contributed by atoms with Gasteiger partial charge >= 0.3 is 0 Å². The predicted molar refractivity (Wildman–Crippen MR) is 103 cm³/mol. The fourth-order valence-corrected chi connectivity index (χ4v) is 3.89. The van der Waals surface area contributed by atoms with Crippen molar-refractivity contribution in [1.82, 2.24) is 14.8 Å². The number of para-hydroxylation sites is 1. The number of rotatable bonds is 4. The third kappa shape index (κ3) is 2.87. The number of nitrogens with zero attached hydrogens (tertiary/aromatic N) is 3. The third-order valence-electron chi connectivity index (χ3n) is 5.23. The summed E-state index contributed by atoms with van der Waals surface area (Å²) in [6.07, 6.45) is 4.75. The first-order valence-corrected chi connectivity index (χ1v) is 9.14. The molecule has 1 amide bonds. The number of hydrogen-bond donors (Lipinski definition) is 1. The lowest BCUT2D eigenvalue weighted by Crippen LogP contribution is -2.17. The van der Waals surface area contributed by atoms with Crippen LogP contribution in [0.3, 0.4) is 0 Å². The van der Waals surface area contributed by atoms with Crippen LogP contribution in [0, 0.1) is 12.8 Å². The molecule has 1 fully saturated rings. The zero-order valence-corrected chi connectivity index (χ0v) is 15.7. The fourth-order valence-electron chi connectivity index (χ4n) is 3.89. The van der Waals surface area contributed by atoms with E-state index in [0.717, 1.165) is 39.8 Å². The van der Waals surface area contributed by atoms with Gasteiger partial charge in [0, 0.05) is 35.8 Å². The Morgan fingerprint density at radius 2 is 2.08 bits per heavy atom. The Morgan fingerprint density at radius 1 is 1.31 bits per heavy atom. The fraction of sp³-hybridized carbons (Fsp3) is 0.381. The van der Waals surface area contributed by atoms with Crippen LogP contribution >= 0.6 is 0 Å². The summed E-state index contributed by atoms with van der Waals surface area (Å²) in [4.78, 5) is 17.7. The van der Waals surface area contributed by atoms with Crippen molar-refractivity contribution in [3.05, 3.63) is 53.5 Å². The highest BCUT2D eigenvalue weighted by Crippen LogP contribution is 2.48. The lowest BCUT2D eigenvalue weighted by molar-refractivity contribution is -0.117. The number of pyridine rings is 1. The highest BCUT2D eigenvalue weighted by Gasteiger charge is 2.44. The number of carbonyl (C=O) groups is 1. The van der Waals surface area contributed by atoms with Gasteiger partial charge in [0.15, 0.2) is 0 Å². The highest BCUT2D eigenvalue weighted by atomic mass is 16.2. The minimum absolute atomic E-state index is 0.0199. The van der Waals surface area contributed by atoms with Gasteiger partial charge in [-0.3, -0.25) is 14.5 Å². The van der Waals surface area contributed by atoms with E-state index < -0.39 is 0 Å². The molecule has 4 rings (SSSR count). The van der Waals surface area contributed by atoms with Crippen LogP contribution < -0.4 is 5.32 Å². The molecule has 2 heterocycles. The molecule has 3 aromatic rings. The van der Waals surface area contributed by atoms with Crippen molar-refractivity contribution in [3.63, 3.8) is 0 Å². The first kappa shape index (κ1) is 16.8. The Morgan fingerprint density at radius 3 is 2.77 bits per heavy atom. The van der Waals surface area contributed by atoms with Crippen molar-refractivity contribution in [2.45, 2.75) is 39.0 Å². The van der Waals surface area contributed by atoms with Crippen molar-refractivity contribution in [2.75, 3.05) is 5.32 Å². The summed E-state index contributed by atoms with van der Waals surface area (Å²) < 4.78 is 1.79. The topological polar surface area (TPSA) is 59.8 Å². The molecular weight excluding hydrogens is 324 g/mol. The van der Waals surface area contributed by atoms with E-state index in [1.54, 1.807) is 4.68 Å². The van der Waals surface area contributed by atoms with Gasteiger partial charge < -0.3 is 5.32 Å². The van der Waals surface area contributed by atoms with Gasteiger partial charge in [0.2, 0.25) is 5.91 Å². The number of carbonyl (C=O) groups excluding carboxylic acids is 1. The molecular formula is C21H24N4O. The Kier molecular flexibility index (Phi) is 4.02. The smallest absolute Gasteiger partial charge is 0.228 e. The number of amides is 1. The summed E-state index contributed by atoms with van der Waals surface area (Å²) in [7, 11) is 1.90. The van der Waals surface area contributed by atoms with Crippen LogP contribution in [0.15, 0.2) is 36.7 Å². The lowest BCUT2D eigenvalue weighted by atomic mass is 9.96. The molecule has 5 nitrogen and oxygen atoms in total. The van der Waals surface area contributed by atoms with Crippen LogP contribution in [0.2, 0.25) is 0 Å². The van der Waals surface area contributed by atoms with Crippen LogP contribution in [-0.4, -0.2) is 20.7 Å². The number of fused-ring (bicyclic) bond motifs is 1. The highest BCUT2D eigenvalue weighted by molar-refractivity contribution is 6.04. The van der Waals surface area contributed by atoms with Crippen molar-refractivity contribution in [1.29, 1.82) is 0 Å². The summed E-state index contributed by atoms with van der Waals surface area (Å²) in [5.74, 6) is 0.680. The van der Waals surface area contributed by atoms with Crippen molar-refractivity contribution >= 4 is 22.5 Å². The molecule has 0 radical (unpaired) electrons. The quantitative estimate of drug-likeness (QED) is 0.771.